The van der Waals surface area contributed by atoms with Gasteiger partial charge in [0.25, 0.3) is 11.8 Å². The minimum Gasteiger partial charge on any atom is -0.510 e. The topological polar surface area (TPSA) is 200 Å². The number of primary amides is 1. The zero-order chi connectivity index (χ0) is 33.9. The number of carbonyl (C=O) groups is 4. The molecule has 12 nitrogen and oxygen atoms in total. The molecule has 3 aromatic carbocycles. The summed E-state index contributed by atoms with van der Waals surface area (Å²) in [6.07, 6.45) is 0.130. The largest absolute Gasteiger partial charge is 0.510 e. The van der Waals surface area contributed by atoms with Gasteiger partial charge in [0, 0.05) is 22.7 Å². The van der Waals surface area contributed by atoms with E-state index in [-0.39, 0.29) is 35.6 Å². The number of anilines is 1. The number of phenols is 1. The number of amides is 2. The number of aromatic hydroxyl groups is 1. The van der Waals surface area contributed by atoms with Crippen molar-refractivity contribution < 1.29 is 44.3 Å². The number of ketones is 2. The number of rotatable bonds is 6. The molecule has 0 aromatic heterocycles. The van der Waals surface area contributed by atoms with E-state index in [4.69, 9.17) is 10.5 Å². The summed E-state index contributed by atoms with van der Waals surface area (Å²) in [7, 11) is 4.69. The van der Waals surface area contributed by atoms with E-state index in [1.165, 1.54) is 18.1 Å². The number of nitrogens with zero attached hydrogens (tertiary/aromatic N) is 1. The summed E-state index contributed by atoms with van der Waals surface area (Å²) >= 11 is 0. The molecule has 0 unspecified atom stereocenters. The molecule has 3 aliphatic rings. The molecule has 0 fully saturated rings. The van der Waals surface area contributed by atoms with Crippen molar-refractivity contribution >= 4 is 29.1 Å². The van der Waals surface area contributed by atoms with Crippen molar-refractivity contribution in [3.63, 3.8) is 0 Å². The lowest BCUT2D eigenvalue weighted by molar-refractivity contribution is -0.148. The van der Waals surface area contributed by atoms with Crippen LogP contribution in [0.5, 0.6) is 11.5 Å². The van der Waals surface area contributed by atoms with Crippen molar-refractivity contribution in [1.29, 1.82) is 0 Å². The van der Waals surface area contributed by atoms with Gasteiger partial charge in [0.05, 0.1) is 18.7 Å². The fraction of sp³-hybridized carbons (Fsp3) is 0.257. The van der Waals surface area contributed by atoms with E-state index in [1.54, 1.807) is 68.7 Å². The molecule has 6 rings (SSSR count). The number of Topliss-reactive ketones (excluding diaryl/α,β-unsaturated/α-hetero) is 2. The molecule has 2 amide bonds. The third-order valence-electron chi connectivity index (χ3n) is 9.41. The van der Waals surface area contributed by atoms with Gasteiger partial charge in [-0.05, 0) is 92.0 Å². The molecule has 3 aliphatic carbocycles. The Morgan fingerprint density at radius 1 is 0.979 bits per heavy atom. The molecular weight excluding hydrogens is 606 g/mol. The van der Waals surface area contributed by atoms with Crippen LogP contribution in [0, 0.1) is 11.8 Å². The number of allylic oxidation sites excluding steroid dienone is 1. The highest BCUT2D eigenvalue weighted by atomic mass is 16.5. The summed E-state index contributed by atoms with van der Waals surface area (Å²) < 4.78 is 5.14. The van der Waals surface area contributed by atoms with Gasteiger partial charge in [0.2, 0.25) is 5.78 Å². The predicted octanol–water partition coefficient (Wildman–Crippen LogP) is 3.05. The van der Waals surface area contributed by atoms with E-state index in [2.05, 4.69) is 5.32 Å². The maximum Gasteiger partial charge on any atom is 0.255 e. The highest BCUT2D eigenvalue weighted by molar-refractivity contribution is 6.25. The Morgan fingerprint density at radius 3 is 2.23 bits per heavy atom. The Morgan fingerprint density at radius 2 is 1.64 bits per heavy atom. The number of fused-ring (bicyclic) bond motifs is 3. The Hall–Kier alpha value is -5.46. The van der Waals surface area contributed by atoms with Crippen molar-refractivity contribution in [2.24, 2.45) is 17.6 Å². The lowest BCUT2D eigenvalue weighted by Crippen LogP contribution is -2.63. The van der Waals surface area contributed by atoms with Gasteiger partial charge in [-0.15, -0.1) is 0 Å². The van der Waals surface area contributed by atoms with Crippen LogP contribution in [0.1, 0.15) is 32.7 Å². The van der Waals surface area contributed by atoms with Gasteiger partial charge in [0.1, 0.15) is 28.6 Å². The van der Waals surface area contributed by atoms with Crippen LogP contribution in [-0.2, 0) is 16.0 Å². The van der Waals surface area contributed by atoms with E-state index < -0.39 is 58.0 Å². The molecule has 0 saturated heterocycles. The van der Waals surface area contributed by atoms with Crippen LogP contribution in [0.15, 0.2) is 83.3 Å². The van der Waals surface area contributed by atoms with Crippen LogP contribution >= 0.6 is 0 Å². The molecule has 4 atom stereocenters. The number of benzene rings is 3. The number of nitrogens with one attached hydrogen (secondary N) is 1. The van der Waals surface area contributed by atoms with Crippen LogP contribution < -0.4 is 15.8 Å². The molecule has 0 radical (unpaired) electrons. The van der Waals surface area contributed by atoms with Crippen LogP contribution in [0.3, 0.4) is 0 Å². The molecule has 12 heteroatoms. The molecular formula is C35H33N3O9. The zero-order valence-corrected chi connectivity index (χ0v) is 25.8. The number of methoxy groups -OCH3 is 1. The van der Waals surface area contributed by atoms with Crippen molar-refractivity contribution in [2.45, 2.75) is 24.5 Å². The monoisotopic (exact) mass is 639 g/mol. The maximum absolute atomic E-state index is 14.0. The highest BCUT2D eigenvalue weighted by Crippen LogP contribution is 2.53. The Labute approximate surface area is 269 Å². The number of aliphatic hydroxyl groups excluding tert-OH is 2. The third-order valence-corrected chi connectivity index (χ3v) is 9.41. The molecule has 47 heavy (non-hydrogen) atoms. The fourth-order valence-electron chi connectivity index (χ4n) is 7.20. The number of phenolic OH excluding ortho intramolecular Hbond substituents is 1. The highest BCUT2D eigenvalue weighted by Gasteiger charge is 2.63. The molecule has 242 valence electrons. The standard InChI is InChI=1S/C35H33N3O9/c1-38(2)28-23-15-18-14-22-21(16-4-8-19(9-5-16)37-34(45)17-6-10-20(47-3)11-7-17)12-13-24(39)26(22)29(40)25(18)31(42)35(23,46)32(43)27(30(28)41)33(36)44/h4-13,18,23,28,39,41-42,46H,14-15H2,1-3H3,(H2,36,44)(H,37,45)/t18-,23-,28-,35-/m0/s1. The minimum atomic E-state index is -2.70. The first-order chi connectivity index (χ1) is 22.3. The number of likely N-dealkylation sites (N-methyl/N-ethyl adjacent to an activating group) is 1. The first-order valence-corrected chi connectivity index (χ1v) is 14.8. The average molecular weight is 640 g/mol. The Kier molecular flexibility index (Phi) is 7.65. The fourth-order valence-corrected chi connectivity index (χ4v) is 7.20. The second-order valence-electron chi connectivity index (χ2n) is 12.2. The summed E-state index contributed by atoms with van der Waals surface area (Å²) in [5.74, 6) is -6.74. The number of nitrogens with two attached hydrogens (primary N) is 1. The zero-order valence-electron chi connectivity index (χ0n) is 25.8. The van der Waals surface area contributed by atoms with E-state index in [0.29, 0.717) is 33.7 Å². The number of hydrogen-bond donors (Lipinski definition) is 6. The van der Waals surface area contributed by atoms with Crippen molar-refractivity contribution in [3.05, 3.63) is 100 Å². The van der Waals surface area contributed by atoms with Crippen molar-refractivity contribution in [1.82, 2.24) is 4.90 Å². The van der Waals surface area contributed by atoms with Crippen LogP contribution in [0.25, 0.3) is 11.1 Å². The lowest BCUT2D eigenvalue weighted by atomic mass is 9.58. The van der Waals surface area contributed by atoms with Crippen molar-refractivity contribution in [2.75, 3.05) is 26.5 Å². The first-order valence-electron chi connectivity index (χ1n) is 14.8. The SMILES string of the molecule is COc1ccc(C(=O)Nc2ccc(-c3ccc(O)c4c3C[C@H]3C[C@H]5[C@H](N(C)C)C(O)=C(C(N)=O)C(=O)[C@@]5(O)C(O)=C3C4=O)cc2)cc1. The van der Waals surface area contributed by atoms with Gasteiger partial charge in [-0.1, -0.05) is 18.2 Å². The minimum absolute atomic E-state index is 0.0167. The molecule has 0 heterocycles. The van der Waals surface area contributed by atoms with Gasteiger partial charge < -0.3 is 36.2 Å². The summed E-state index contributed by atoms with van der Waals surface area (Å²) in [5.41, 5.74) is 4.30. The Bertz CT molecular complexity index is 1910. The lowest BCUT2D eigenvalue weighted by Gasteiger charge is -2.50. The summed E-state index contributed by atoms with van der Waals surface area (Å²) in [5, 5.41) is 47.9. The van der Waals surface area contributed by atoms with Gasteiger partial charge >= 0.3 is 0 Å². The molecule has 0 spiro atoms. The average Bonchev–Trinajstić information content (AvgIpc) is 3.03. The molecule has 0 bridgehead atoms. The van der Waals surface area contributed by atoms with Gasteiger partial charge in [-0.25, -0.2) is 0 Å². The second-order valence-corrected chi connectivity index (χ2v) is 12.2. The normalized spacial score (nSPS) is 23.6. The summed E-state index contributed by atoms with van der Waals surface area (Å²) in [6, 6.07) is 15.5. The summed E-state index contributed by atoms with van der Waals surface area (Å²) in [4.78, 5) is 53.9. The van der Waals surface area contributed by atoms with E-state index in [0.717, 1.165) is 0 Å². The molecule has 3 aromatic rings. The number of hydrogen-bond acceptors (Lipinski definition) is 10. The Balaban J connectivity index is 1.37. The molecule has 0 saturated carbocycles. The molecule has 0 aliphatic heterocycles. The summed E-state index contributed by atoms with van der Waals surface area (Å²) in [6.45, 7) is 0. The first kappa shape index (κ1) is 31.5. The van der Waals surface area contributed by atoms with Crippen molar-refractivity contribution in [3.8, 4) is 22.6 Å². The number of ether oxygens (including phenoxy) is 1. The second kappa shape index (κ2) is 11.4. The quantitative estimate of drug-likeness (QED) is 0.218. The number of carbonyl (C=O) groups excluding carboxylic acids is 4. The number of aliphatic hydroxyl groups is 3. The third kappa shape index (κ3) is 4.84. The van der Waals surface area contributed by atoms with Gasteiger partial charge in [-0.2, -0.15) is 0 Å². The van der Waals surface area contributed by atoms with Crippen LogP contribution in [0.2, 0.25) is 0 Å². The van der Waals surface area contributed by atoms with E-state index >= 15 is 0 Å². The van der Waals surface area contributed by atoms with Crippen LogP contribution in [-0.4, -0.2) is 81.6 Å². The maximum atomic E-state index is 14.0. The van der Waals surface area contributed by atoms with E-state index in [1.807, 2.05) is 0 Å². The van der Waals surface area contributed by atoms with E-state index in [9.17, 15) is 39.6 Å². The van der Waals surface area contributed by atoms with Gasteiger partial charge in [-0.3, -0.25) is 24.1 Å². The molecule has 7 N–H and O–H groups in total. The predicted molar refractivity (Wildman–Crippen MR) is 170 cm³/mol. The van der Waals surface area contributed by atoms with Gasteiger partial charge in [0.15, 0.2) is 11.4 Å². The smallest absolute Gasteiger partial charge is 0.255 e. The van der Waals surface area contributed by atoms with Crippen LogP contribution in [0.4, 0.5) is 5.69 Å².